The second-order valence-electron chi connectivity index (χ2n) is 4.26. The average molecular weight is 243 g/mol. The third-order valence-corrected chi connectivity index (χ3v) is 3.95. The first-order valence-electron chi connectivity index (χ1n) is 5.35. The van der Waals surface area contributed by atoms with Crippen molar-refractivity contribution in [3.8, 4) is 0 Å². The summed E-state index contributed by atoms with van der Waals surface area (Å²) in [6, 6.07) is 0. The number of aromatic nitrogens is 2. The fourth-order valence-corrected chi connectivity index (χ4v) is 2.68. The standard InChI is InChI=1S/C10H17N3O2S/c1-8-11-12-9(16-8)5-13(2)10(6-14)3-4-15-7-10/h14H,3-7H2,1-2H3. The van der Waals surface area contributed by atoms with E-state index in [1.54, 1.807) is 11.3 Å². The Bertz CT molecular complexity index is 350. The van der Waals surface area contributed by atoms with Crippen LogP contribution in [0.4, 0.5) is 0 Å². The molecule has 1 aromatic heterocycles. The third-order valence-electron chi connectivity index (χ3n) is 3.13. The van der Waals surface area contributed by atoms with E-state index in [0.717, 1.165) is 29.6 Å². The number of aryl methyl sites for hydroxylation is 1. The van der Waals surface area contributed by atoms with Gasteiger partial charge in [0, 0.05) is 6.61 Å². The Balaban J connectivity index is 2.03. The van der Waals surface area contributed by atoms with Crippen LogP contribution in [0.5, 0.6) is 0 Å². The fourth-order valence-electron chi connectivity index (χ4n) is 1.91. The number of rotatable bonds is 4. The van der Waals surface area contributed by atoms with Crippen LogP contribution in [0.3, 0.4) is 0 Å². The molecule has 1 saturated heterocycles. The second kappa shape index (κ2) is 4.75. The molecule has 0 amide bonds. The zero-order chi connectivity index (χ0) is 11.6. The summed E-state index contributed by atoms with van der Waals surface area (Å²) >= 11 is 1.60. The molecule has 0 saturated carbocycles. The molecule has 16 heavy (non-hydrogen) atoms. The van der Waals surface area contributed by atoms with Crippen LogP contribution >= 0.6 is 11.3 Å². The highest BCUT2D eigenvalue weighted by Crippen LogP contribution is 2.26. The van der Waals surface area contributed by atoms with Gasteiger partial charge in [0.1, 0.15) is 10.0 Å². The maximum Gasteiger partial charge on any atom is 0.131 e. The molecule has 1 aliphatic heterocycles. The zero-order valence-electron chi connectivity index (χ0n) is 9.64. The van der Waals surface area contributed by atoms with Gasteiger partial charge in [-0.05, 0) is 20.4 Å². The molecular formula is C10H17N3O2S. The van der Waals surface area contributed by atoms with E-state index in [0.29, 0.717) is 6.61 Å². The topological polar surface area (TPSA) is 58.5 Å². The van der Waals surface area contributed by atoms with Crippen molar-refractivity contribution in [2.45, 2.75) is 25.4 Å². The Morgan fingerprint density at radius 3 is 2.88 bits per heavy atom. The lowest BCUT2D eigenvalue weighted by Crippen LogP contribution is -2.49. The van der Waals surface area contributed by atoms with Gasteiger partial charge in [-0.1, -0.05) is 0 Å². The average Bonchev–Trinajstić information content (AvgIpc) is 2.88. The van der Waals surface area contributed by atoms with E-state index in [9.17, 15) is 5.11 Å². The normalized spacial score (nSPS) is 25.5. The maximum absolute atomic E-state index is 9.52. The van der Waals surface area contributed by atoms with E-state index in [1.165, 1.54) is 0 Å². The molecule has 2 heterocycles. The molecule has 5 nitrogen and oxygen atoms in total. The first-order valence-corrected chi connectivity index (χ1v) is 6.17. The molecule has 0 aliphatic carbocycles. The summed E-state index contributed by atoms with van der Waals surface area (Å²) in [6.45, 7) is 4.11. The number of aliphatic hydroxyl groups is 1. The summed E-state index contributed by atoms with van der Waals surface area (Å²) in [5, 5.41) is 19.6. The molecule has 6 heteroatoms. The van der Waals surface area contributed by atoms with E-state index in [1.807, 2.05) is 14.0 Å². The summed E-state index contributed by atoms with van der Waals surface area (Å²) in [5.41, 5.74) is -0.237. The summed E-state index contributed by atoms with van der Waals surface area (Å²) in [4.78, 5) is 2.12. The molecule has 1 fully saturated rings. The van der Waals surface area contributed by atoms with Gasteiger partial charge >= 0.3 is 0 Å². The molecule has 1 aliphatic rings. The number of hydrogen-bond acceptors (Lipinski definition) is 6. The minimum Gasteiger partial charge on any atom is -0.394 e. The van der Waals surface area contributed by atoms with E-state index in [2.05, 4.69) is 15.1 Å². The highest BCUT2D eigenvalue weighted by Gasteiger charge is 2.38. The molecule has 1 aromatic rings. The van der Waals surface area contributed by atoms with E-state index in [-0.39, 0.29) is 12.1 Å². The summed E-state index contributed by atoms with van der Waals surface area (Å²) < 4.78 is 5.38. The van der Waals surface area contributed by atoms with Crippen LogP contribution in [-0.4, -0.2) is 52.6 Å². The molecular weight excluding hydrogens is 226 g/mol. The van der Waals surface area contributed by atoms with Crippen LogP contribution < -0.4 is 0 Å². The molecule has 0 radical (unpaired) electrons. The van der Waals surface area contributed by atoms with Gasteiger partial charge in [0.15, 0.2) is 0 Å². The number of hydrogen-bond donors (Lipinski definition) is 1. The predicted molar refractivity (Wildman–Crippen MR) is 61.4 cm³/mol. The molecule has 0 aromatic carbocycles. The van der Waals surface area contributed by atoms with Gasteiger partial charge in [-0.3, -0.25) is 4.90 Å². The van der Waals surface area contributed by atoms with Crippen molar-refractivity contribution in [3.63, 3.8) is 0 Å². The lowest BCUT2D eigenvalue weighted by Gasteiger charge is -2.35. The number of aliphatic hydroxyl groups excluding tert-OH is 1. The first-order chi connectivity index (χ1) is 7.66. The smallest absolute Gasteiger partial charge is 0.131 e. The monoisotopic (exact) mass is 243 g/mol. The van der Waals surface area contributed by atoms with Gasteiger partial charge in [0.25, 0.3) is 0 Å². The lowest BCUT2D eigenvalue weighted by atomic mass is 9.98. The van der Waals surface area contributed by atoms with Crippen molar-refractivity contribution in [2.75, 3.05) is 26.9 Å². The van der Waals surface area contributed by atoms with Crippen LogP contribution in [-0.2, 0) is 11.3 Å². The molecule has 0 spiro atoms. The van der Waals surface area contributed by atoms with Crippen molar-refractivity contribution >= 4 is 11.3 Å². The molecule has 90 valence electrons. The Hall–Kier alpha value is -0.560. The minimum atomic E-state index is -0.237. The fraction of sp³-hybridized carbons (Fsp3) is 0.800. The highest BCUT2D eigenvalue weighted by molar-refractivity contribution is 7.11. The molecule has 1 N–H and O–H groups in total. The largest absolute Gasteiger partial charge is 0.394 e. The van der Waals surface area contributed by atoms with Crippen LogP contribution in [0.15, 0.2) is 0 Å². The molecule has 0 bridgehead atoms. The third kappa shape index (κ3) is 2.24. The van der Waals surface area contributed by atoms with Crippen molar-refractivity contribution in [1.82, 2.24) is 15.1 Å². The second-order valence-corrected chi connectivity index (χ2v) is 5.52. The number of ether oxygens (including phenoxy) is 1. The van der Waals surface area contributed by atoms with Gasteiger partial charge in [-0.25, -0.2) is 0 Å². The van der Waals surface area contributed by atoms with Crippen molar-refractivity contribution in [3.05, 3.63) is 10.0 Å². The van der Waals surface area contributed by atoms with E-state index in [4.69, 9.17) is 4.74 Å². The highest BCUT2D eigenvalue weighted by atomic mass is 32.1. The summed E-state index contributed by atoms with van der Waals surface area (Å²) in [7, 11) is 2.00. The van der Waals surface area contributed by atoms with Gasteiger partial charge in [0.05, 0.1) is 25.3 Å². The first kappa shape index (κ1) is 11.9. The Kier molecular flexibility index (Phi) is 3.53. The summed E-state index contributed by atoms with van der Waals surface area (Å²) in [5.74, 6) is 0. The van der Waals surface area contributed by atoms with Gasteiger partial charge in [-0.2, -0.15) is 0 Å². The Labute approximate surface area is 99.1 Å². The van der Waals surface area contributed by atoms with Gasteiger partial charge in [0.2, 0.25) is 0 Å². The van der Waals surface area contributed by atoms with Crippen LogP contribution in [0.2, 0.25) is 0 Å². The van der Waals surface area contributed by atoms with E-state index < -0.39 is 0 Å². The lowest BCUT2D eigenvalue weighted by molar-refractivity contribution is 0.0313. The van der Waals surface area contributed by atoms with Crippen molar-refractivity contribution < 1.29 is 9.84 Å². The SMILES string of the molecule is Cc1nnc(CN(C)C2(CO)CCOC2)s1. The quantitative estimate of drug-likeness (QED) is 0.831. The Morgan fingerprint density at radius 2 is 2.38 bits per heavy atom. The number of likely N-dealkylation sites (N-methyl/N-ethyl adjacent to an activating group) is 1. The molecule has 1 unspecified atom stereocenters. The Morgan fingerprint density at radius 1 is 1.56 bits per heavy atom. The van der Waals surface area contributed by atoms with Crippen LogP contribution in [0, 0.1) is 6.92 Å². The van der Waals surface area contributed by atoms with Crippen molar-refractivity contribution in [2.24, 2.45) is 0 Å². The van der Waals surface area contributed by atoms with Gasteiger partial charge < -0.3 is 9.84 Å². The number of nitrogens with zero attached hydrogens (tertiary/aromatic N) is 3. The van der Waals surface area contributed by atoms with Crippen molar-refractivity contribution in [1.29, 1.82) is 0 Å². The zero-order valence-corrected chi connectivity index (χ0v) is 10.5. The maximum atomic E-state index is 9.52. The summed E-state index contributed by atoms with van der Waals surface area (Å²) in [6.07, 6.45) is 0.873. The minimum absolute atomic E-state index is 0.126. The van der Waals surface area contributed by atoms with Crippen LogP contribution in [0.1, 0.15) is 16.4 Å². The van der Waals surface area contributed by atoms with E-state index >= 15 is 0 Å². The molecule has 2 rings (SSSR count). The van der Waals surface area contributed by atoms with Crippen LogP contribution in [0.25, 0.3) is 0 Å². The predicted octanol–water partition coefficient (Wildman–Crippen LogP) is 0.430. The molecule has 1 atom stereocenters. The van der Waals surface area contributed by atoms with Gasteiger partial charge in [-0.15, -0.1) is 21.5 Å².